The Morgan fingerprint density at radius 3 is 2.20 bits per heavy atom. The average molecular weight is 722 g/mol. The number of carboxylic acids is 1. The topological polar surface area (TPSA) is 91.6 Å². The van der Waals surface area contributed by atoms with Gasteiger partial charge in [0.1, 0.15) is 23.5 Å². The third-order valence-corrected chi connectivity index (χ3v) is 9.32. The van der Waals surface area contributed by atoms with Crippen LogP contribution in [0.1, 0.15) is 103 Å². The lowest BCUT2D eigenvalue weighted by molar-refractivity contribution is -0.139. The lowest BCUT2D eigenvalue weighted by Crippen LogP contribution is -2.41. The minimum absolute atomic E-state index is 0.0610. The Balaban J connectivity index is 1.83. The first-order valence-electron chi connectivity index (χ1n) is 17.0. The van der Waals surface area contributed by atoms with Gasteiger partial charge in [-0.25, -0.2) is 13.2 Å². The monoisotopic (exact) mass is 721 g/mol. The molecule has 4 rings (SSSR count). The van der Waals surface area contributed by atoms with Crippen molar-refractivity contribution >= 4 is 11.9 Å². The zero-order valence-corrected chi connectivity index (χ0v) is 29.9. The number of amides is 1. The van der Waals surface area contributed by atoms with Crippen molar-refractivity contribution in [3.8, 4) is 11.1 Å². The van der Waals surface area contributed by atoms with Crippen molar-refractivity contribution in [3.63, 3.8) is 0 Å². The van der Waals surface area contributed by atoms with Crippen LogP contribution in [-0.4, -0.2) is 47.1 Å². The number of rotatable bonds is 14. The fourth-order valence-corrected chi connectivity index (χ4v) is 6.73. The molecule has 51 heavy (non-hydrogen) atoms. The second-order valence-corrected chi connectivity index (χ2v) is 14.3. The van der Waals surface area contributed by atoms with E-state index in [1.54, 1.807) is 45.8 Å². The number of benzene rings is 2. The van der Waals surface area contributed by atoms with Crippen molar-refractivity contribution in [2.75, 3.05) is 20.6 Å². The molecule has 278 valence electrons. The van der Waals surface area contributed by atoms with Crippen molar-refractivity contribution in [2.24, 2.45) is 5.92 Å². The summed E-state index contributed by atoms with van der Waals surface area (Å²) in [5.74, 6) is -5.56. The maximum absolute atomic E-state index is 16.6. The van der Waals surface area contributed by atoms with Crippen LogP contribution in [0.5, 0.6) is 0 Å². The molecule has 0 bridgehead atoms. The number of carboxylic acid groups (broad SMARTS) is 1. The van der Waals surface area contributed by atoms with Crippen LogP contribution in [0.15, 0.2) is 29.2 Å². The number of aryl methyl sites for hydroxylation is 3. The highest BCUT2D eigenvalue weighted by Gasteiger charge is 2.37. The van der Waals surface area contributed by atoms with Crippen molar-refractivity contribution < 1.29 is 41.0 Å². The first-order chi connectivity index (χ1) is 23.7. The summed E-state index contributed by atoms with van der Waals surface area (Å²) in [5, 5.41) is 12.2. The summed E-state index contributed by atoms with van der Waals surface area (Å²) in [6.45, 7) is 8.39. The van der Waals surface area contributed by atoms with Gasteiger partial charge < -0.3 is 19.9 Å². The molecule has 1 heterocycles. The third kappa shape index (κ3) is 9.03. The first-order valence-corrected chi connectivity index (χ1v) is 17.0. The molecule has 0 radical (unpaired) electrons. The standard InChI is InChI=1S/C38H45F6N3O4/c1-19(2)13-29(47-18-24(9-8-12-46(6)7)27(16-30(47)48)38(42,43)44)37(51)45-28(17-31(49)50)33-34(39)21(4)15-26(36(33)41)32-20(3)14-25(23-10-11-23)35(40)22(32)5/h14-16,18-19,23,28-29H,8-13,17H2,1-7H3,(H,45,51)(H,49,50)/t28-,29?/m0/s1. The molecular formula is C38H45F6N3O4. The zero-order chi connectivity index (χ0) is 38.1. The first kappa shape index (κ1) is 39.7. The van der Waals surface area contributed by atoms with Gasteiger partial charge in [0.2, 0.25) is 5.91 Å². The molecule has 2 aromatic carbocycles. The third-order valence-electron chi connectivity index (χ3n) is 9.32. The highest BCUT2D eigenvalue weighted by molar-refractivity contribution is 5.82. The predicted molar refractivity (Wildman–Crippen MR) is 182 cm³/mol. The van der Waals surface area contributed by atoms with Gasteiger partial charge in [-0.2, -0.15) is 13.2 Å². The summed E-state index contributed by atoms with van der Waals surface area (Å²) in [7, 11) is 3.52. The van der Waals surface area contributed by atoms with Crippen molar-refractivity contribution in [1.82, 2.24) is 14.8 Å². The molecule has 1 saturated carbocycles. The second-order valence-electron chi connectivity index (χ2n) is 14.3. The van der Waals surface area contributed by atoms with E-state index in [1.807, 2.05) is 0 Å². The highest BCUT2D eigenvalue weighted by atomic mass is 19.4. The van der Waals surface area contributed by atoms with Crippen LogP contribution in [0.2, 0.25) is 0 Å². The fraction of sp³-hybridized carbons (Fsp3) is 0.500. The van der Waals surface area contributed by atoms with Gasteiger partial charge in [0.05, 0.1) is 18.0 Å². The molecule has 1 unspecified atom stereocenters. The minimum Gasteiger partial charge on any atom is -0.481 e. The average Bonchev–Trinajstić information content (AvgIpc) is 3.85. The number of carbonyl (C=O) groups excluding carboxylic acids is 1. The van der Waals surface area contributed by atoms with Gasteiger partial charge in [-0.3, -0.25) is 14.4 Å². The molecule has 1 aliphatic carbocycles. The van der Waals surface area contributed by atoms with Crippen LogP contribution in [0.4, 0.5) is 26.3 Å². The summed E-state index contributed by atoms with van der Waals surface area (Å²) in [5.41, 5.74) is -2.11. The second kappa shape index (κ2) is 15.6. The number of aromatic nitrogens is 1. The summed E-state index contributed by atoms with van der Waals surface area (Å²) < 4.78 is 91.0. The number of aliphatic carboxylic acids is 1. The molecule has 1 aromatic heterocycles. The molecule has 13 heteroatoms. The van der Waals surface area contributed by atoms with E-state index in [0.29, 0.717) is 30.2 Å². The van der Waals surface area contributed by atoms with Crippen molar-refractivity contribution in [3.05, 3.63) is 91.1 Å². The van der Waals surface area contributed by atoms with Crippen LogP contribution in [0, 0.1) is 44.1 Å². The van der Waals surface area contributed by atoms with E-state index in [0.717, 1.165) is 23.6 Å². The fourth-order valence-electron chi connectivity index (χ4n) is 6.73. The SMILES string of the molecule is Cc1cc(-c2c(C)cc(C3CC3)c(F)c2C)c(F)c([C@H](CC(=O)O)NC(=O)C(CC(C)C)n2cc(CCCN(C)C)c(C(F)(F)F)cc2=O)c1F. The molecule has 1 fully saturated rings. The summed E-state index contributed by atoms with van der Waals surface area (Å²) in [6, 6.07) is 0.0269. The number of carbonyl (C=O) groups is 2. The lowest BCUT2D eigenvalue weighted by atomic mass is 9.87. The number of hydrogen-bond donors (Lipinski definition) is 2. The Morgan fingerprint density at radius 2 is 1.65 bits per heavy atom. The highest BCUT2D eigenvalue weighted by Crippen LogP contribution is 2.45. The van der Waals surface area contributed by atoms with E-state index < -0.39 is 70.7 Å². The largest absolute Gasteiger partial charge is 0.481 e. The molecule has 0 saturated heterocycles. The maximum atomic E-state index is 16.6. The van der Waals surface area contributed by atoms with E-state index in [-0.39, 0.29) is 52.5 Å². The Morgan fingerprint density at radius 1 is 1.00 bits per heavy atom. The van der Waals surface area contributed by atoms with Crippen LogP contribution >= 0.6 is 0 Å². The molecular weight excluding hydrogens is 676 g/mol. The minimum atomic E-state index is -4.84. The molecule has 1 aliphatic rings. The Labute approximate surface area is 293 Å². The van der Waals surface area contributed by atoms with Gasteiger partial charge in [0.25, 0.3) is 5.56 Å². The summed E-state index contributed by atoms with van der Waals surface area (Å²) >= 11 is 0. The smallest absolute Gasteiger partial charge is 0.416 e. The number of pyridine rings is 1. The van der Waals surface area contributed by atoms with Crippen LogP contribution in [-0.2, 0) is 22.2 Å². The number of alkyl halides is 3. The van der Waals surface area contributed by atoms with Gasteiger partial charge >= 0.3 is 12.1 Å². The Bertz CT molecular complexity index is 1860. The van der Waals surface area contributed by atoms with Gasteiger partial charge in [0, 0.05) is 23.4 Å². The lowest BCUT2D eigenvalue weighted by Gasteiger charge is -2.27. The van der Waals surface area contributed by atoms with E-state index in [2.05, 4.69) is 5.32 Å². The van der Waals surface area contributed by atoms with E-state index in [1.165, 1.54) is 19.9 Å². The van der Waals surface area contributed by atoms with E-state index in [9.17, 15) is 32.7 Å². The molecule has 0 aliphatic heterocycles. The zero-order valence-electron chi connectivity index (χ0n) is 29.9. The van der Waals surface area contributed by atoms with Gasteiger partial charge in [-0.1, -0.05) is 19.9 Å². The van der Waals surface area contributed by atoms with E-state index >= 15 is 13.2 Å². The molecule has 7 nitrogen and oxygen atoms in total. The van der Waals surface area contributed by atoms with Crippen LogP contribution in [0.25, 0.3) is 11.1 Å². The van der Waals surface area contributed by atoms with Crippen LogP contribution in [0.3, 0.4) is 0 Å². The number of nitrogens with one attached hydrogen (secondary N) is 1. The predicted octanol–water partition coefficient (Wildman–Crippen LogP) is 8.17. The summed E-state index contributed by atoms with van der Waals surface area (Å²) in [6.07, 6.45) is -2.97. The molecule has 1 amide bonds. The summed E-state index contributed by atoms with van der Waals surface area (Å²) in [4.78, 5) is 41.1. The van der Waals surface area contributed by atoms with Crippen LogP contribution < -0.4 is 10.9 Å². The molecule has 3 aromatic rings. The number of hydrogen-bond acceptors (Lipinski definition) is 4. The van der Waals surface area contributed by atoms with Gasteiger partial charge in [-0.15, -0.1) is 0 Å². The Kier molecular flexibility index (Phi) is 12.2. The normalized spacial score (nSPS) is 14.6. The van der Waals surface area contributed by atoms with Crippen molar-refractivity contribution in [2.45, 2.75) is 97.3 Å². The number of halogens is 6. The number of nitrogens with zero attached hydrogens (tertiary/aromatic N) is 2. The molecule has 2 atom stereocenters. The van der Waals surface area contributed by atoms with E-state index in [4.69, 9.17) is 0 Å². The molecule has 2 N–H and O–H groups in total. The van der Waals surface area contributed by atoms with Crippen molar-refractivity contribution in [1.29, 1.82) is 0 Å². The van der Waals surface area contributed by atoms with Gasteiger partial charge in [-0.05, 0) is 125 Å². The van der Waals surface area contributed by atoms with Gasteiger partial charge in [0.15, 0.2) is 0 Å². The molecule has 0 spiro atoms. The Hall–Kier alpha value is -4.13. The quantitative estimate of drug-likeness (QED) is 0.164. The maximum Gasteiger partial charge on any atom is 0.416 e.